The zero-order valence-corrected chi connectivity index (χ0v) is 23.1. The Labute approximate surface area is 213 Å². The first-order valence-electron chi connectivity index (χ1n) is 12.3. The van der Waals surface area contributed by atoms with Crippen LogP contribution in [-0.4, -0.2) is 134 Å². The highest BCUT2D eigenvalue weighted by Gasteiger charge is 2.12. The second-order valence-electron chi connectivity index (χ2n) is 8.12. The fourth-order valence-corrected chi connectivity index (χ4v) is 2.99. The van der Waals surface area contributed by atoms with E-state index in [1.807, 2.05) is 0 Å². The van der Waals surface area contributed by atoms with Crippen molar-refractivity contribution >= 4 is 8.32 Å². The van der Waals surface area contributed by atoms with Crippen LogP contribution in [0.15, 0.2) is 0 Å². The lowest BCUT2D eigenvalue weighted by Crippen LogP contribution is -2.27. The summed E-state index contributed by atoms with van der Waals surface area (Å²) in [6, 6.07) is 0. The molecule has 0 aliphatic heterocycles. The number of terminal acetylenes is 1. The van der Waals surface area contributed by atoms with Gasteiger partial charge in [0.25, 0.3) is 0 Å². The van der Waals surface area contributed by atoms with Gasteiger partial charge in [0.15, 0.2) is 8.32 Å². The van der Waals surface area contributed by atoms with Gasteiger partial charge < -0.3 is 47.1 Å². The topological polar surface area (TPSA) is 92.3 Å². The molecule has 0 radical (unpaired) electrons. The normalized spacial score (nSPS) is 11.7. The minimum absolute atomic E-state index is 0.313. The van der Waals surface area contributed by atoms with E-state index in [1.165, 1.54) is 0 Å². The summed E-state index contributed by atoms with van der Waals surface area (Å²) in [5.74, 6) is 2.40. The van der Waals surface area contributed by atoms with Crippen LogP contribution in [0.2, 0.25) is 19.6 Å². The molecule has 0 aromatic rings. The summed E-state index contributed by atoms with van der Waals surface area (Å²) in [6.45, 7) is 16.5. The van der Waals surface area contributed by atoms with Crippen molar-refractivity contribution in [1.82, 2.24) is 0 Å². The molecule has 0 fully saturated rings. The third-order valence-electron chi connectivity index (χ3n) is 3.92. The van der Waals surface area contributed by atoms with Gasteiger partial charge in [-0.05, 0) is 19.6 Å². The molecule has 208 valence electrons. The number of hydrogen-bond acceptors (Lipinski definition) is 10. The molecule has 0 atom stereocenters. The maximum Gasteiger partial charge on any atom is 0.183 e. The highest BCUT2D eigenvalue weighted by Crippen LogP contribution is 2.01. The lowest BCUT2D eigenvalue weighted by molar-refractivity contribution is -0.0250. The maximum absolute atomic E-state index is 5.70. The molecule has 0 aromatic heterocycles. The van der Waals surface area contributed by atoms with Crippen molar-refractivity contribution < 1.29 is 47.1 Å². The van der Waals surface area contributed by atoms with Crippen LogP contribution in [0.3, 0.4) is 0 Å². The predicted molar refractivity (Wildman–Crippen MR) is 136 cm³/mol. The summed E-state index contributed by atoms with van der Waals surface area (Å²) in [5, 5.41) is 0. The van der Waals surface area contributed by atoms with E-state index in [9.17, 15) is 0 Å². The van der Waals surface area contributed by atoms with E-state index in [1.54, 1.807) is 0 Å². The van der Waals surface area contributed by atoms with Gasteiger partial charge in [-0.2, -0.15) is 0 Å². The molecule has 0 spiro atoms. The van der Waals surface area contributed by atoms with Crippen LogP contribution in [0.1, 0.15) is 0 Å². The third kappa shape index (κ3) is 33.4. The molecule has 0 unspecified atom stereocenters. The summed E-state index contributed by atoms with van der Waals surface area (Å²) in [5.41, 5.74) is 0. The van der Waals surface area contributed by atoms with Crippen LogP contribution >= 0.6 is 0 Å². The van der Waals surface area contributed by atoms with Gasteiger partial charge in [-0.25, -0.2) is 0 Å². The molecule has 0 rings (SSSR count). The van der Waals surface area contributed by atoms with Crippen molar-refractivity contribution in [2.45, 2.75) is 19.6 Å². The molecule has 0 N–H and O–H groups in total. The van der Waals surface area contributed by atoms with Crippen LogP contribution in [0.5, 0.6) is 0 Å². The predicted octanol–water partition coefficient (Wildman–Crippen LogP) is 1.62. The number of hydrogen-bond donors (Lipinski definition) is 0. The summed E-state index contributed by atoms with van der Waals surface area (Å²) >= 11 is 0. The summed E-state index contributed by atoms with van der Waals surface area (Å²) in [7, 11) is -1.44. The lowest BCUT2D eigenvalue weighted by atomic mass is 10.6. The first-order valence-corrected chi connectivity index (χ1v) is 15.7. The molecular formula is C24H48O10Si. The molecule has 0 saturated carbocycles. The molecule has 35 heavy (non-hydrogen) atoms. The van der Waals surface area contributed by atoms with E-state index < -0.39 is 8.32 Å². The van der Waals surface area contributed by atoms with Gasteiger partial charge in [0, 0.05) is 0 Å². The Kier molecular flexibility index (Phi) is 27.5. The van der Waals surface area contributed by atoms with E-state index in [0.717, 1.165) is 0 Å². The lowest BCUT2D eigenvalue weighted by Gasteiger charge is -2.16. The van der Waals surface area contributed by atoms with Gasteiger partial charge in [0.05, 0.1) is 119 Å². The van der Waals surface area contributed by atoms with Crippen LogP contribution in [-0.2, 0) is 47.1 Å². The Bertz CT molecular complexity index is 457. The molecule has 0 aliphatic rings. The smallest absolute Gasteiger partial charge is 0.183 e. The maximum atomic E-state index is 5.70. The van der Waals surface area contributed by atoms with Gasteiger partial charge >= 0.3 is 0 Å². The minimum Gasteiger partial charge on any atom is -0.415 e. The van der Waals surface area contributed by atoms with Crippen molar-refractivity contribution in [3.63, 3.8) is 0 Å². The van der Waals surface area contributed by atoms with Crippen molar-refractivity contribution in [1.29, 1.82) is 0 Å². The second-order valence-corrected chi connectivity index (χ2v) is 12.6. The second kappa shape index (κ2) is 28.0. The van der Waals surface area contributed by atoms with E-state index >= 15 is 0 Å². The zero-order valence-electron chi connectivity index (χ0n) is 22.1. The molecule has 0 bridgehead atoms. The monoisotopic (exact) mass is 524 g/mol. The van der Waals surface area contributed by atoms with Gasteiger partial charge in [-0.15, -0.1) is 6.42 Å². The first-order chi connectivity index (χ1) is 17.1. The van der Waals surface area contributed by atoms with E-state index in [2.05, 4.69) is 25.6 Å². The van der Waals surface area contributed by atoms with E-state index in [4.69, 9.17) is 53.5 Å². The van der Waals surface area contributed by atoms with Crippen LogP contribution in [0, 0.1) is 12.3 Å². The molecule has 0 saturated heterocycles. The van der Waals surface area contributed by atoms with Crippen molar-refractivity contribution in [3.8, 4) is 12.3 Å². The van der Waals surface area contributed by atoms with Crippen LogP contribution < -0.4 is 0 Å². The Hall–Kier alpha value is -0.623. The molecule has 0 amide bonds. The standard InChI is InChI=1S/C24H48O10Si/c1-5-6-25-7-8-26-9-10-27-11-12-28-13-14-29-15-16-30-17-18-31-19-20-32-21-22-33-23-24-34-35(2,3)4/h1H,6-24H2,2-4H3. The largest absolute Gasteiger partial charge is 0.415 e. The van der Waals surface area contributed by atoms with E-state index in [-0.39, 0.29) is 0 Å². The zero-order chi connectivity index (χ0) is 25.7. The van der Waals surface area contributed by atoms with Crippen molar-refractivity contribution in [3.05, 3.63) is 0 Å². The van der Waals surface area contributed by atoms with Crippen molar-refractivity contribution in [2.75, 3.05) is 126 Å². The molecule has 10 nitrogen and oxygen atoms in total. The van der Waals surface area contributed by atoms with E-state index in [0.29, 0.717) is 126 Å². The highest BCUT2D eigenvalue weighted by molar-refractivity contribution is 6.69. The van der Waals surface area contributed by atoms with Gasteiger partial charge in [0.2, 0.25) is 0 Å². The fraction of sp³-hybridized carbons (Fsp3) is 0.917. The Balaban J connectivity index is 3.04. The Morgan fingerprint density at radius 2 is 0.629 bits per heavy atom. The fourth-order valence-electron chi connectivity index (χ4n) is 2.30. The van der Waals surface area contributed by atoms with Crippen LogP contribution in [0.4, 0.5) is 0 Å². The highest BCUT2D eigenvalue weighted by atomic mass is 28.4. The number of ether oxygens (including phenoxy) is 9. The molecule has 0 aliphatic carbocycles. The molecule has 0 heterocycles. The quantitative estimate of drug-likeness (QED) is 0.0816. The van der Waals surface area contributed by atoms with Gasteiger partial charge in [0.1, 0.15) is 6.61 Å². The first kappa shape index (κ1) is 34.4. The number of rotatable bonds is 29. The Morgan fingerprint density at radius 1 is 0.400 bits per heavy atom. The average molecular weight is 525 g/mol. The van der Waals surface area contributed by atoms with Crippen molar-refractivity contribution in [2.24, 2.45) is 0 Å². The molecule has 0 aromatic carbocycles. The summed E-state index contributed by atoms with van der Waals surface area (Å²) in [6.07, 6.45) is 5.07. The minimum atomic E-state index is -1.44. The third-order valence-corrected chi connectivity index (χ3v) is 4.99. The van der Waals surface area contributed by atoms with Gasteiger partial charge in [-0.1, -0.05) is 5.92 Å². The summed E-state index contributed by atoms with van der Waals surface area (Å²) < 4.78 is 54.2. The summed E-state index contributed by atoms with van der Waals surface area (Å²) in [4.78, 5) is 0. The Morgan fingerprint density at radius 3 is 0.857 bits per heavy atom. The molecular weight excluding hydrogens is 476 g/mol. The SMILES string of the molecule is C#CCOCCOCCOCCOCCOCCOCCOCCOCCOCCO[Si](C)(C)C. The average Bonchev–Trinajstić information content (AvgIpc) is 2.82. The molecule has 11 heteroatoms. The van der Waals surface area contributed by atoms with Gasteiger partial charge in [-0.3, -0.25) is 0 Å². The van der Waals surface area contributed by atoms with Crippen LogP contribution in [0.25, 0.3) is 0 Å².